The highest BCUT2D eigenvalue weighted by atomic mass is 32.1. The molecule has 1 aliphatic heterocycles. The second-order valence-corrected chi connectivity index (χ2v) is 8.23. The lowest BCUT2D eigenvalue weighted by Gasteiger charge is -2.26. The third-order valence-electron chi connectivity index (χ3n) is 5.45. The first-order chi connectivity index (χ1) is 15.6. The first-order valence-corrected chi connectivity index (χ1v) is 11.3. The van der Waals surface area contributed by atoms with E-state index in [1.807, 2.05) is 54.4 Å². The van der Waals surface area contributed by atoms with Crippen LogP contribution >= 0.6 is 12.2 Å². The fraction of sp³-hybridized carbons (Fsp3) is 0.375. The number of hydrogen-bond donors (Lipinski definition) is 2. The minimum Gasteiger partial charge on any atom is -0.494 e. The molecule has 3 heterocycles. The lowest BCUT2D eigenvalue weighted by atomic mass is 10.1. The monoisotopic (exact) mass is 452 g/mol. The SMILES string of the molecule is CCOc1ccc2[nH]c(=O)c(CN(Cc3cccnc3)C(=S)NCC3CCCO3)cc2c1. The number of thiocarbonyl (C=S) groups is 1. The molecule has 0 radical (unpaired) electrons. The van der Waals surface area contributed by atoms with Crippen molar-refractivity contribution in [3.63, 3.8) is 0 Å². The predicted molar refractivity (Wildman–Crippen MR) is 129 cm³/mol. The molecule has 32 heavy (non-hydrogen) atoms. The molecule has 1 fully saturated rings. The van der Waals surface area contributed by atoms with E-state index in [1.54, 1.807) is 6.20 Å². The molecule has 0 spiro atoms. The number of pyridine rings is 2. The topological polar surface area (TPSA) is 79.5 Å². The standard InChI is InChI=1S/C24H28N4O3S/c1-2-30-20-7-8-22-18(12-20)11-19(23(29)27-22)16-28(15-17-5-3-9-25-13-17)24(32)26-14-21-6-4-10-31-21/h3,5,7-9,11-13,21H,2,4,6,10,14-16H2,1H3,(H,26,32)(H,27,29). The van der Waals surface area contributed by atoms with Crippen LogP contribution in [0.15, 0.2) is 53.6 Å². The summed E-state index contributed by atoms with van der Waals surface area (Å²) in [4.78, 5) is 22.0. The smallest absolute Gasteiger partial charge is 0.253 e. The zero-order chi connectivity index (χ0) is 22.3. The summed E-state index contributed by atoms with van der Waals surface area (Å²) < 4.78 is 11.3. The van der Waals surface area contributed by atoms with Crippen molar-refractivity contribution in [1.29, 1.82) is 0 Å². The number of nitrogens with one attached hydrogen (secondary N) is 2. The summed E-state index contributed by atoms with van der Waals surface area (Å²) in [6, 6.07) is 11.5. The first-order valence-electron chi connectivity index (χ1n) is 10.9. The highest BCUT2D eigenvalue weighted by Crippen LogP contribution is 2.20. The molecule has 2 aromatic heterocycles. The molecule has 0 amide bonds. The van der Waals surface area contributed by atoms with Crippen molar-refractivity contribution < 1.29 is 9.47 Å². The highest BCUT2D eigenvalue weighted by Gasteiger charge is 2.18. The van der Waals surface area contributed by atoms with Crippen LogP contribution in [0, 0.1) is 0 Å². The van der Waals surface area contributed by atoms with E-state index < -0.39 is 0 Å². The molecule has 1 saturated heterocycles. The summed E-state index contributed by atoms with van der Waals surface area (Å²) >= 11 is 5.71. The lowest BCUT2D eigenvalue weighted by molar-refractivity contribution is 0.113. The molecule has 1 unspecified atom stereocenters. The molecule has 8 heteroatoms. The van der Waals surface area contributed by atoms with Crippen LogP contribution in [-0.4, -0.2) is 45.8 Å². The van der Waals surface area contributed by atoms with Gasteiger partial charge in [0.1, 0.15) is 5.75 Å². The van der Waals surface area contributed by atoms with Gasteiger partial charge in [-0.25, -0.2) is 0 Å². The molecule has 2 N–H and O–H groups in total. The van der Waals surface area contributed by atoms with Gasteiger partial charge >= 0.3 is 0 Å². The van der Waals surface area contributed by atoms with Crippen molar-refractivity contribution in [2.75, 3.05) is 19.8 Å². The number of rotatable bonds is 8. The number of H-pyrrole nitrogens is 1. The minimum atomic E-state index is -0.125. The Morgan fingerprint density at radius 1 is 1.34 bits per heavy atom. The summed E-state index contributed by atoms with van der Waals surface area (Å²) in [6.07, 6.45) is 5.84. The summed E-state index contributed by atoms with van der Waals surface area (Å²) in [7, 11) is 0. The Balaban J connectivity index is 1.57. The zero-order valence-corrected chi connectivity index (χ0v) is 19.0. The molecule has 1 aromatic carbocycles. The summed E-state index contributed by atoms with van der Waals surface area (Å²) in [5, 5.41) is 4.84. The van der Waals surface area contributed by atoms with E-state index in [-0.39, 0.29) is 11.7 Å². The van der Waals surface area contributed by atoms with E-state index in [9.17, 15) is 4.79 Å². The first kappa shape index (κ1) is 22.2. The van der Waals surface area contributed by atoms with Crippen LogP contribution in [0.5, 0.6) is 5.75 Å². The van der Waals surface area contributed by atoms with E-state index in [0.29, 0.717) is 36.9 Å². The van der Waals surface area contributed by atoms with Crippen LogP contribution in [0.2, 0.25) is 0 Å². The number of aromatic nitrogens is 2. The lowest BCUT2D eigenvalue weighted by Crippen LogP contribution is -2.42. The number of hydrogen-bond acceptors (Lipinski definition) is 5. The molecule has 0 bridgehead atoms. The average molecular weight is 453 g/mol. The number of benzene rings is 1. The van der Waals surface area contributed by atoms with E-state index in [1.165, 1.54) is 0 Å². The summed E-state index contributed by atoms with van der Waals surface area (Å²) in [6.45, 7) is 4.91. The Bertz CT molecular complexity index is 1110. The molecule has 1 aliphatic rings. The average Bonchev–Trinajstić information content (AvgIpc) is 3.32. The maximum absolute atomic E-state index is 12.8. The van der Waals surface area contributed by atoms with Crippen molar-refractivity contribution in [3.05, 3.63) is 70.3 Å². The fourth-order valence-electron chi connectivity index (χ4n) is 3.84. The van der Waals surface area contributed by atoms with Crippen LogP contribution < -0.4 is 15.6 Å². The quantitative estimate of drug-likeness (QED) is 0.507. The third-order valence-corrected chi connectivity index (χ3v) is 5.86. The van der Waals surface area contributed by atoms with Gasteiger partial charge in [-0.3, -0.25) is 9.78 Å². The maximum Gasteiger partial charge on any atom is 0.253 e. The van der Waals surface area contributed by atoms with Crippen LogP contribution in [0.25, 0.3) is 10.9 Å². The maximum atomic E-state index is 12.8. The molecular weight excluding hydrogens is 424 g/mol. The third kappa shape index (κ3) is 5.63. The Kier molecular flexibility index (Phi) is 7.34. The van der Waals surface area contributed by atoms with E-state index in [4.69, 9.17) is 21.7 Å². The molecule has 0 saturated carbocycles. The van der Waals surface area contributed by atoms with Gasteiger partial charge < -0.3 is 24.7 Å². The Morgan fingerprint density at radius 3 is 3.00 bits per heavy atom. The Morgan fingerprint density at radius 2 is 2.25 bits per heavy atom. The van der Waals surface area contributed by atoms with Gasteiger partial charge in [-0.2, -0.15) is 0 Å². The number of ether oxygens (including phenoxy) is 2. The van der Waals surface area contributed by atoms with E-state index in [0.717, 1.165) is 41.7 Å². The predicted octanol–water partition coefficient (Wildman–Crippen LogP) is 3.38. The number of fused-ring (bicyclic) bond motifs is 1. The molecule has 7 nitrogen and oxygen atoms in total. The molecule has 1 atom stereocenters. The van der Waals surface area contributed by atoms with Crippen molar-refractivity contribution in [1.82, 2.24) is 20.2 Å². The Labute approximate surface area is 192 Å². The van der Waals surface area contributed by atoms with Gasteiger partial charge in [0, 0.05) is 48.6 Å². The van der Waals surface area contributed by atoms with Gasteiger partial charge in [-0.1, -0.05) is 6.07 Å². The van der Waals surface area contributed by atoms with Crippen molar-refractivity contribution in [3.8, 4) is 5.75 Å². The van der Waals surface area contributed by atoms with Crippen molar-refractivity contribution in [2.24, 2.45) is 0 Å². The second kappa shape index (κ2) is 10.6. The molecule has 4 rings (SSSR count). The van der Waals surface area contributed by atoms with Gasteiger partial charge in [0.2, 0.25) is 0 Å². The largest absolute Gasteiger partial charge is 0.494 e. The fourth-order valence-corrected chi connectivity index (χ4v) is 4.05. The van der Waals surface area contributed by atoms with Gasteiger partial charge in [-0.15, -0.1) is 0 Å². The summed E-state index contributed by atoms with van der Waals surface area (Å²) in [5.41, 5.74) is 2.31. The van der Waals surface area contributed by atoms with Crippen LogP contribution in [0.3, 0.4) is 0 Å². The van der Waals surface area contributed by atoms with Crippen LogP contribution in [0.1, 0.15) is 30.9 Å². The van der Waals surface area contributed by atoms with E-state index >= 15 is 0 Å². The van der Waals surface area contributed by atoms with Gasteiger partial charge in [0.15, 0.2) is 5.11 Å². The second-order valence-electron chi connectivity index (χ2n) is 7.84. The molecule has 3 aromatic rings. The van der Waals surface area contributed by atoms with E-state index in [2.05, 4.69) is 15.3 Å². The van der Waals surface area contributed by atoms with Crippen LogP contribution in [0.4, 0.5) is 0 Å². The normalized spacial score (nSPS) is 15.6. The van der Waals surface area contributed by atoms with Gasteiger partial charge in [0.25, 0.3) is 5.56 Å². The number of aromatic amines is 1. The number of nitrogens with zero attached hydrogens (tertiary/aromatic N) is 2. The highest BCUT2D eigenvalue weighted by molar-refractivity contribution is 7.80. The minimum absolute atomic E-state index is 0.125. The molecular formula is C24H28N4O3S. The van der Waals surface area contributed by atoms with Crippen molar-refractivity contribution >= 4 is 28.2 Å². The molecule has 168 valence electrons. The Hall–Kier alpha value is -2.97. The van der Waals surface area contributed by atoms with Crippen LogP contribution in [-0.2, 0) is 17.8 Å². The zero-order valence-electron chi connectivity index (χ0n) is 18.2. The van der Waals surface area contributed by atoms with Gasteiger partial charge in [-0.05, 0) is 67.9 Å². The van der Waals surface area contributed by atoms with Crippen molar-refractivity contribution in [2.45, 2.75) is 39.0 Å². The van der Waals surface area contributed by atoms with Gasteiger partial charge in [0.05, 0.1) is 19.3 Å². The summed E-state index contributed by atoms with van der Waals surface area (Å²) in [5.74, 6) is 0.777. The molecule has 0 aliphatic carbocycles.